The summed E-state index contributed by atoms with van der Waals surface area (Å²) < 4.78 is 33.6. The Hall–Kier alpha value is -2.98. The summed E-state index contributed by atoms with van der Waals surface area (Å²) in [6.45, 7) is 1.57. The number of nitrogens with zero attached hydrogens (tertiary/aromatic N) is 4. The number of methoxy groups -OCH3 is 1. The van der Waals surface area contributed by atoms with E-state index in [4.69, 9.17) is 4.74 Å². The van der Waals surface area contributed by atoms with E-state index in [0.29, 0.717) is 19.5 Å². The van der Waals surface area contributed by atoms with Gasteiger partial charge in [0.15, 0.2) is 0 Å². The average Bonchev–Trinajstić information content (AvgIpc) is 2.79. The van der Waals surface area contributed by atoms with E-state index in [2.05, 4.69) is 4.98 Å². The van der Waals surface area contributed by atoms with Gasteiger partial charge in [0, 0.05) is 45.2 Å². The van der Waals surface area contributed by atoms with E-state index in [0.717, 1.165) is 10.7 Å². The van der Waals surface area contributed by atoms with Gasteiger partial charge in [-0.2, -0.15) is 4.31 Å². The van der Waals surface area contributed by atoms with Crippen molar-refractivity contribution in [3.63, 3.8) is 0 Å². The molecule has 2 fully saturated rings. The monoisotopic (exact) mass is 444 g/mol. The van der Waals surface area contributed by atoms with E-state index in [1.807, 2.05) is 23.1 Å². The number of carbonyl (C=O) groups excluding carboxylic acids is 2. The second-order valence-corrected chi connectivity index (χ2v) is 9.30. The molecule has 0 saturated carbocycles. The maximum atomic E-state index is 13.4. The Morgan fingerprint density at radius 3 is 2.29 bits per heavy atom. The molecule has 2 aliphatic rings. The number of rotatable bonds is 5. The van der Waals surface area contributed by atoms with Crippen molar-refractivity contribution in [1.82, 2.24) is 9.29 Å². The third-order valence-electron chi connectivity index (χ3n) is 5.52. The van der Waals surface area contributed by atoms with Crippen molar-refractivity contribution >= 4 is 33.3 Å². The average molecular weight is 445 g/mol. The van der Waals surface area contributed by atoms with Gasteiger partial charge in [0.25, 0.3) is 0 Å². The van der Waals surface area contributed by atoms with Crippen LogP contribution in [0.3, 0.4) is 0 Å². The highest BCUT2D eigenvalue weighted by molar-refractivity contribution is 7.89. The molecule has 0 bridgehead atoms. The molecule has 0 radical (unpaired) electrons. The first kappa shape index (κ1) is 21.3. The fourth-order valence-corrected chi connectivity index (χ4v) is 5.48. The number of aromatic nitrogens is 1. The van der Waals surface area contributed by atoms with Crippen molar-refractivity contribution in [2.45, 2.75) is 24.2 Å². The summed E-state index contributed by atoms with van der Waals surface area (Å²) in [6, 6.07) is 10.0. The first-order valence-corrected chi connectivity index (χ1v) is 11.6. The molecule has 4 rings (SSSR count). The number of hydrogen-bond donors (Lipinski definition) is 0. The summed E-state index contributed by atoms with van der Waals surface area (Å²) >= 11 is 0. The van der Waals surface area contributed by atoms with Gasteiger partial charge in [-0.3, -0.25) is 14.5 Å². The summed E-state index contributed by atoms with van der Waals surface area (Å²) in [5.74, 6) is 0.330. The lowest BCUT2D eigenvalue weighted by Gasteiger charge is -2.35. The van der Waals surface area contributed by atoms with Crippen LogP contribution in [-0.4, -0.2) is 62.8 Å². The van der Waals surface area contributed by atoms with Gasteiger partial charge < -0.3 is 9.64 Å². The van der Waals surface area contributed by atoms with E-state index < -0.39 is 10.0 Å². The van der Waals surface area contributed by atoms with Crippen molar-refractivity contribution in [1.29, 1.82) is 0 Å². The quantitative estimate of drug-likeness (QED) is 0.647. The smallest absolute Gasteiger partial charge is 0.246 e. The molecule has 1 aromatic heterocycles. The third-order valence-corrected chi connectivity index (χ3v) is 7.44. The lowest BCUT2D eigenvalue weighted by Crippen LogP contribution is -2.49. The van der Waals surface area contributed by atoms with Crippen LogP contribution < -0.4 is 14.5 Å². The number of pyridine rings is 1. The van der Waals surface area contributed by atoms with Crippen molar-refractivity contribution in [2.24, 2.45) is 0 Å². The second kappa shape index (κ2) is 8.64. The van der Waals surface area contributed by atoms with Crippen LogP contribution in [0.4, 0.5) is 11.5 Å². The zero-order valence-electron chi connectivity index (χ0n) is 17.2. The highest BCUT2D eigenvalue weighted by Gasteiger charge is 2.34. The van der Waals surface area contributed by atoms with Gasteiger partial charge in [0.2, 0.25) is 21.8 Å². The fraction of sp³-hybridized carbons (Fsp3) is 0.381. The highest BCUT2D eigenvalue weighted by atomic mass is 32.2. The zero-order valence-corrected chi connectivity index (χ0v) is 18.0. The van der Waals surface area contributed by atoms with Crippen LogP contribution in [-0.2, 0) is 19.6 Å². The Morgan fingerprint density at radius 2 is 1.68 bits per heavy atom. The van der Waals surface area contributed by atoms with Crippen molar-refractivity contribution in [3.05, 3.63) is 42.6 Å². The van der Waals surface area contributed by atoms with E-state index >= 15 is 0 Å². The Labute approximate surface area is 181 Å². The molecule has 10 heteroatoms. The Balaban J connectivity index is 1.60. The van der Waals surface area contributed by atoms with Gasteiger partial charge in [-0.15, -0.1) is 0 Å². The maximum Gasteiger partial charge on any atom is 0.246 e. The molecule has 0 spiro atoms. The van der Waals surface area contributed by atoms with E-state index in [-0.39, 0.29) is 54.1 Å². The minimum Gasteiger partial charge on any atom is -0.495 e. The van der Waals surface area contributed by atoms with Gasteiger partial charge in [-0.25, -0.2) is 13.4 Å². The summed E-state index contributed by atoms with van der Waals surface area (Å²) in [5.41, 5.74) is 0.251. The Kier molecular flexibility index (Phi) is 5.92. The molecule has 3 heterocycles. The molecule has 31 heavy (non-hydrogen) atoms. The summed E-state index contributed by atoms with van der Waals surface area (Å²) in [7, 11) is -2.50. The number of amides is 2. The predicted octanol–water partition coefficient (Wildman–Crippen LogP) is 1.64. The molecule has 0 N–H and O–H groups in total. The van der Waals surface area contributed by atoms with Gasteiger partial charge in [-0.1, -0.05) is 6.07 Å². The van der Waals surface area contributed by atoms with Crippen LogP contribution in [0.15, 0.2) is 47.5 Å². The lowest BCUT2D eigenvalue weighted by molar-refractivity contribution is -0.129. The van der Waals surface area contributed by atoms with E-state index in [1.165, 1.54) is 29.6 Å². The van der Waals surface area contributed by atoms with Crippen LogP contribution in [0.25, 0.3) is 0 Å². The Bertz CT molecular complexity index is 1070. The first-order chi connectivity index (χ1) is 14.9. The number of piperazine rings is 1. The van der Waals surface area contributed by atoms with Crippen molar-refractivity contribution in [3.8, 4) is 5.75 Å². The Morgan fingerprint density at radius 1 is 0.968 bits per heavy atom. The molecule has 2 aromatic rings. The molecule has 0 aliphatic carbocycles. The molecule has 164 valence electrons. The van der Waals surface area contributed by atoms with Gasteiger partial charge >= 0.3 is 0 Å². The molecule has 0 atom stereocenters. The fourth-order valence-electron chi connectivity index (χ4n) is 3.89. The maximum absolute atomic E-state index is 13.4. The topological polar surface area (TPSA) is 100 Å². The normalized spacial score (nSPS) is 18.4. The van der Waals surface area contributed by atoms with E-state index in [1.54, 1.807) is 6.20 Å². The summed E-state index contributed by atoms with van der Waals surface area (Å²) in [5, 5.41) is 0. The molecule has 0 unspecified atom stereocenters. The number of piperidine rings is 1. The summed E-state index contributed by atoms with van der Waals surface area (Å²) in [6.07, 6.45) is 2.73. The van der Waals surface area contributed by atoms with Crippen LogP contribution in [0.2, 0.25) is 0 Å². The highest BCUT2D eigenvalue weighted by Crippen LogP contribution is 2.33. The predicted molar refractivity (Wildman–Crippen MR) is 115 cm³/mol. The number of hydrogen-bond acceptors (Lipinski definition) is 7. The number of anilines is 2. The van der Waals surface area contributed by atoms with Crippen LogP contribution in [0, 0.1) is 0 Å². The number of ether oxygens (including phenoxy) is 1. The number of benzene rings is 1. The van der Waals surface area contributed by atoms with Gasteiger partial charge in [0.1, 0.15) is 16.5 Å². The molecular weight excluding hydrogens is 420 g/mol. The molecular formula is C21H24N4O5S. The van der Waals surface area contributed by atoms with Crippen LogP contribution in [0.1, 0.15) is 19.3 Å². The zero-order chi connectivity index (χ0) is 22.0. The third kappa shape index (κ3) is 4.13. The largest absolute Gasteiger partial charge is 0.495 e. The molecule has 9 nitrogen and oxygen atoms in total. The van der Waals surface area contributed by atoms with Gasteiger partial charge in [0.05, 0.1) is 12.8 Å². The molecule has 2 aliphatic heterocycles. The van der Waals surface area contributed by atoms with Gasteiger partial charge in [-0.05, 0) is 36.8 Å². The molecule has 2 saturated heterocycles. The standard InChI is InChI=1S/C21H24N4O5S/c1-30-17-9-8-16(25-20(26)6-4-7-21(25)27)15-18(17)31(28,29)24-13-11-23(12-14-24)19-5-2-3-10-22-19/h2-3,5,8-10,15H,4,6-7,11-14H2,1H3. The van der Waals surface area contributed by atoms with Crippen LogP contribution in [0.5, 0.6) is 5.75 Å². The minimum atomic E-state index is -3.89. The number of imide groups is 1. The molecule has 1 aromatic carbocycles. The SMILES string of the molecule is COc1ccc(N2C(=O)CCCC2=O)cc1S(=O)(=O)N1CCN(c2ccccn2)CC1. The van der Waals surface area contributed by atoms with Crippen molar-refractivity contribution in [2.75, 3.05) is 43.1 Å². The van der Waals surface area contributed by atoms with E-state index in [9.17, 15) is 18.0 Å². The van der Waals surface area contributed by atoms with Crippen molar-refractivity contribution < 1.29 is 22.7 Å². The minimum absolute atomic E-state index is 0.0510. The van der Waals surface area contributed by atoms with Crippen LogP contribution >= 0.6 is 0 Å². The number of sulfonamides is 1. The second-order valence-electron chi connectivity index (χ2n) is 7.39. The number of carbonyl (C=O) groups is 2. The molecule has 2 amide bonds. The summed E-state index contributed by atoms with van der Waals surface area (Å²) in [4.78, 5) is 32.0. The lowest BCUT2D eigenvalue weighted by atomic mass is 10.1. The first-order valence-electron chi connectivity index (χ1n) is 10.1.